The maximum absolute atomic E-state index is 13.4. The molecular weight excluding hydrogens is 420 g/mol. The summed E-state index contributed by atoms with van der Waals surface area (Å²) in [5.74, 6) is -0.295. The first kappa shape index (κ1) is 26.2. The molecule has 4 nitrogen and oxygen atoms in total. The molecule has 0 saturated carbocycles. The summed E-state index contributed by atoms with van der Waals surface area (Å²) in [6.07, 6.45) is 4.16. The zero-order valence-electron chi connectivity index (χ0n) is 22.0. The molecule has 0 N–H and O–H groups in total. The molecule has 1 aliphatic rings. The first-order valence-electron chi connectivity index (χ1n) is 12.6. The second-order valence-corrected chi connectivity index (χ2v) is 10.7. The van der Waals surface area contributed by atoms with E-state index in [1.54, 1.807) is 6.08 Å². The molecule has 3 atom stereocenters. The Balaban J connectivity index is 2.06. The highest BCUT2D eigenvalue weighted by atomic mass is 16.6. The van der Waals surface area contributed by atoms with Gasteiger partial charge in [-0.15, -0.1) is 0 Å². The minimum Gasteiger partial charge on any atom is -0.450 e. The van der Waals surface area contributed by atoms with Gasteiger partial charge >= 0.3 is 5.97 Å². The van der Waals surface area contributed by atoms with Crippen molar-refractivity contribution in [3.8, 4) is 0 Å². The molecule has 0 spiro atoms. The molecule has 0 radical (unpaired) electrons. The summed E-state index contributed by atoms with van der Waals surface area (Å²) in [6.45, 7) is 15.2. The predicted molar refractivity (Wildman–Crippen MR) is 141 cm³/mol. The Bertz CT molecular complexity index is 948. The topological polar surface area (TPSA) is 32.8 Å². The highest BCUT2D eigenvalue weighted by Gasteiger charge is 2.57. The molecule has 0 aliphatic carbocycles. The van der Waals surface area contributed by atoms with Crippen molar-refractivity contribution in [3.63, 3.8) is 0 Å². The third-order valence-corrected chi connectivity index (χ3v) is 7.49. The SMILES string of the molecule is CC1CC(OC(=O)/C=C/c2ccccc2)(c2ccccc2)C(C)(CN(C(C)C)C(C)C)CN1C. The van der Waals surface area contributed by atoms with Gasteiger partial charge in [-0.1, -0.05) is 67.6 Å². The Labute approximate surface area is 206 Å². The van der Waals surface area contributed by atoms with E-state index in [0.29, 0.717) is 12.1 Å². The van der Waals surface area contributed by atoms with Crippen molar-refractivity contribution in [1.29, 1.82) is 0 Å². The first-order chi connectivity index (χ1) is 16.1. The van der Waals surface area contributed by atoms with Crippen molar-refractivity contribution in [2.45, 2.75) is 71.7 Å². The van der Waals surface area contributed by atoms with E-state index in [1.807, 2.05) is 42.5 Å². The number of likely N-dealkylation sites (tertiary alicyclic amines) is 1. The highest BCUT2D eigenvalue weighted by molar-refractivity contribution is 5.87. The van der Waals surface area contributed by atoms with Gasteiger partial charge in [0.2, 0.25) is 0 Å². The van der Waals surface area contributed by atoms with Crippen LogP contribution in [0.15, 0.2) is 66.7 Å². The quantitative estimate of drug-likeness (QED) is 0.356. The summed E-state index contributed by atoms with van der Waals surface area (Å²) in [7, 11) is 2.18. The van der Waals surface area contributed by atoms with Crippen molar-refractivity contribution in [2.24, 2.45) is 5.41 Å². The van der Waals surface area contributed by atoms with Gasteiger partial charge in [0.15, 0.2) is 0 Å². The van der Waals surface area contributed by atoms with Gasteiger partial charge in [0, 0.05) is 49.1 Å². The predicted octanol–water partition coefficient (Wildman–Crippen LogP) is 5.99. The number of nitrogens with zero attached hydrogens (tertiary/aromatic N) is 2. The lowest BCUT2D eigenvalue weighted by atomic mass is 9.63. The van der Waals surface area contributed by atoms with Crippen LogP contribution in [0, 0.1) is 5.41 Å². The molecule has 0 bridgehead atoms. The molecule has 184 valence electrons. The van der Waals surface area contributed by atoms with Crippen molar-refractivity contribution < 1.29 is 9.53 Å². The third kappa shape index (κ3) is 5.61. The molecule has 1 heterocycles. The maximum atomic E-state index is 13.4. The number of hydrogen-bond donors (Lipinski definition) is 0. The van der Waals surface area contributed by atoms with Crippen LogP contribution in [0.2, 0.25) is 0 Å². The number of hydrogen-bond acceptors (Lipinski definition) is 4. The molecule has 34 heavy (non-hydrogen) atoms. The van der Waals surface area contributed by atoms with Crippen molar-refractivity contribution in [2.75, 3.05) is 20.1 Å². The Morgan fingerprint density at radius 3 is 2.18 bits per heavy atom. The largest absolute Gasteiger partial charge is 0.450 e. The third-order valence-electron chi connectivity index (χ3n) is 7.49. The second kappa shape index (κ2) is 10.9. The van der Waals surface area contributed by atoms with Crippen molar-refractivity contribution in [3.05, 3.63) is 77.9 Å². The summed E-state index contributed by atoms with van der Waals surface area (Å²) in [5.41, 5.74) is 1.02. The molecule has 3 rings (SSSR count). The van der Waals surface area contributed by atoms with Gasteiger partial charge in [0.05, 0.1) is 0 Å². The zero-order valence-corrected chi connectivity index (χ0v) is 22.0. The van der Waals surface area contributed by atoms with E-state index in [0.717, 1.165) is 30.6 Å². The summed E-state index contributed by atoms with van der Waals surface area (Å²) >= 11 is 0. The fourth-order valence-electron chi connectivity index (χ4n) is 5.53. The first-order valence-corrected chi connectivity index (χ1v) is 12.6. The van der Waals surface area contributed by atoms with E-state index in [2.05, 4.69) is 82.7 Å². The average Bonchev–Trinajstić information content (AvgIpc) is 2.80. The van der Waals surface area contributed by atoms with E-state index in [4.69, 9.17) is 4.74 Å². The average molecular weight is 463 g/mol. The van der Waals surface area contributed by atoms with Gasteiger partial charge in [-0.2, -0.15) is 0 Å². The number of carbonyl (C=O) groups excluding carboxylic acids is 1. The van der Waals surface area contributed by atoms with Crippen LogP contribution in [0.3, 0.4) is 0 Å². The molecule has 1 aliphatic heterocycles. The fourth-order valence-corrected chi connectivity index (χ4v) is 5.53. The number of rotatable bonds is 8. The molecule has 2 aromatic carbocycles. The van der Waals surface area contributed by atoms with Gasteiger partial charge in [-0.25, -0.2) is 4.79 Å². The number of carbonyl (C=O) groups is 1. The lowest BCUT2D eigenvalue weighted by Gasteiger charge is -2.57. The molecule has 0 amide bonds. The van der Waals surface area contributed by atoms with Crippen LogP contribution in [-0.2, 0) is 15.1 Å². The van der Waals surface area contributed by atoms with E-state index < -0.39 is 5.60 Å². The van der Waals surface area contributed by atoms with Gasteiger partial charge in [0.25, 0.3) is 0 Å². The number of esters is 1. The van der Waals surface area contributed by atoms with E-state index in [9.17, 15) is 4.79 Å². The van der Waals surface area contributed by atoms with Gasteiger partial charge in [-0.05, 0) is 58.9 Å². The normalized spacial score (nSPS) is 26.0. The van der Waals surface area contributed by atoms with Crippen LogP contribution in [0.4, 0.5) is 0 Å². The molecule has 1 fully saturated rings. The van der Waals surface area contributed by atoms with Crippen LogP contribution >= 0.6 is 0 Å². The smallest absolute Gasteiger partial charge is 0.331 e. The lowest BCUT2D eigenvalue weighted by molar-refractivity contribution is -0.198. The fraction of sp³-hybridized carbons (Fsp3) is 0.500. The Morgan fingerprint density at radius 1 is 1.06 bits per heavy atom. The zero-order chi connectivity index (χ0) is 24.9. The van der Waals surface area contributed by atoms with Gasteiger partial charge in [0.1, 0.15) is 5.60 Å². The minimum absolute atomic E-state index is 0.283. The van der Waals surface area contributed by atoms with Crippen LogP contribution in [0.5, 0.6) is 0 Å². The minimum atomic E-state index is -0.736. The number of ether oxygens (including phenoxy) is 1. The summed E-state index contributed by atoms with van der Waals surface area (Å²) in [5, 5.41) is 0. The maximum Gasteiger partial charge on any atom is 0.331 e. The number of benzene rings is 2. The van der Waals surface area contributed by atoms with Crippen molar-refractivity contribution in [1.82, 2.24) is 9.80 Å². The Hall–Kier alpha value is -2.43. The van der Waals surface area contributed by atoms with Crippen LogP contribution in [0.1, 0.15) is 59.1 Å². The van der Waals surface area contributed by atoms with Crippen LogP contribution in [0.25, 0.3) is 6.08 Å². The summed E-state index contributed by atoms with van der Waals surface area (Å²) in [6, 6.07) is 21.3. The highest BCUT2D eigenvalue weighted by Crippen LogP contribution is 2.51. The van der Waals surface area contributed by atoms with E-state index in [-0.39, 0.29) is 17.4 Å². The standard InChI is InChI=1S/C30H42N2O2/c1-23(2)32(24(3)4)22-29(6)21-31(7)25(5)20-30(29,27-16-12-9-13-17-27)34-28(33)19-18-26-14-10-8-11-15-26/h8-19,23-25H,20-22H2,1-7H3/b19-18+. The molecule has 2 aromatic rings. The molecule has 1 saturated heterocycles. The second-order valence-electron chi connectivity index (χ2n) is 10.7. The van der Waals surface area contributed by atoms with Crippen LogP contribution < -0.4 is 0 Å². The van der Waals surface area contributed by atoms with Gasteiger partial charge in [-0.3, -0.25) is 4.90 Å². The van der Waals surface area contributed by atoms with E-state index in [1.165, 1.54) is 0 Å². The molecule has 0 aromatic heterocycles. The monoisotopic (exact) mass is 462 g/mol. The summed E-state index contributed by atoms with van der Waals surface area (Å²) < 4.78 is 6.60. The lowest BCUT2D eigenvalue weighted by Crippen LogP contribution is -2.64. The van der Waals surface area contributed by atoms with Gasteiger partial charge < -0.3 is 9.64 Å². The Morgan fingerprint density at radius 2 is 1.62 bits per heavy atom. The Kier molecular flexibility index (Phi) is 8.38. The van der Waals surface area contributed by atoms with Crippen LogP contribution in [-0.4, -0.2) is 54.0 Å². The van der Waals surface area contributed by atoms with Crippen molar-refractivity contribution >= 4 is 12.0 Å². The summed E-state index contributed by atoms with van der Waals surface area (Å²) in [4.78, 5) is 18.3. The van der Waals surface area contributed by atoms with E-state index >= 15 is 0 Å². The molecule has 4 heteroatoms. The molecule has 3 unspecified atom stereocenters. The molecular formula is C30H42N2O2. The number of piperidine rings is 1.